The number of para-hydroxylation sites is 1. The van der Waals surface area contributed by atoms with E-state index in [1.807, 2.05) is 0 Å². The van der Waals surface area contributed by atoms with E-state index in [1.165, 1.54) is 7.11 Å². The van der Waals surface area contributed by atoms with E-state index in [-0.39, 0.29) is 6.61 Å². The molecule has 0 bridgehead atoms. The number of hydrogen-bond acceptors (Lipinski definition) is 5. The summed E-state index contributed by atoms with van der Waals surface area (Å²) in [5.41, 5.74) is 2.34. The Bertz CT molecular complexity index is 526. The lowest BCUT2D eigenvalue weighted by Gasteiger charge is -2.08. The molecule has 7 nitrogen and oxygen atoms in total. The number of nitrogens with one attached hydrogen (secondary N) is 1. The van der Waals surface area contributed by atoms with Gasteiger partial charge >= 0.3 is 6.09 Å². The smallest absolute Gasteiger partial charge is 0.409 e. The minimum atomic E-state index is -1.12. The summed E-state index contributed by atoms with van der Waals surface area (Å²) in [7, 11) is 1.45. The third kappa shape index (κ3) is 4.97. The van der Waals surface area contributed by atoms with Gasteiger partial charge in [0.1, 0.15) is 25.1 Å². The van der Waals surface area contributed by atoms with Gasteiger partial charge in [0.25, 0.3) is 0 Å². The topological polar surface area (TPSA) is 92.5 Å². The molecule has 0 spiro atoms. The number of amides is 1. The molecule has 1 aromatic rings. The van der Waals surface area contributed by atoms with Crippen LogP contribution < -0.4 is 5.32 Å². The Balaban J connectivity index is 2.68. The Morgan fingerprint density at radius 3 is 2.55 bits per heavy atom. The zero-order chi connectivity index (χ0) is 15.0. The van der Waals surface area contributed by atoms with Crippen LogP contribution in [0, 0.1) is 0 Å². The van der Waals surface area contributed by atoms with Crippen molar-refractivity contribution in [3.05, 3.63) is 29.8 Å². The van der Waals surface area contributed by atoms with Crippen LogP contribution in [0.4, 0.5) is 10.5 Å². The molecule has 0 aliphatic carbocycles. The average molecular weight is 279 g/mol. The molecule has 1 amide bonds. The first kappa shape index (κ1) is 15.5. The van der Waals surface area contributed by atoms with Crippen LogP contribution in [0.3, 0.4) is 0 Å². The number of nitrogens with zero attached hydrogens (tertiary/aromatic N) is 2. The summed E-state index contributed by atoms with van der Waals surface area (Å²) in [5, 5.41) is 18.6. The van der Waals surface area contributed by atoms with E-state index < -0.39 is 6.09 Å². The molecule has 0 fully saturated rings. The minimum Gasteiger partial charge on any atom is -0.465 e. The fourth-order valence-corrected chi connectivity index (χ4v) is 1.35. The lowest BCUT2D eigenvalue weighted by Crippen LogP contribution is -2.10. The van der Waals surface area contributed by atoms with Gasteiger partial charge in [-0.1, -0.05) is 28.5 Å². The maximum absolute atomic E-state index is 10.7. The molecule has 0 atom stereocenters. The van der Waals surface area contributed by atoms with Gasteiger partial charge < -0.3 is 14.8 Å². The van der Waals surface area contributed by atoms with Crippen LogP contribution in [0.5, 0.6) is 0 Å². The molecule has 108 valence electrons. The van der Waals surface area contributed by atoms with E-state index in [1.54, 1.807) is 38.1 Å². The van der Waals surface area contributed by atoms with Crippen molar-refractivity contribution in [1.29, 1.82) is 0 Å². The first-order valence-corrected chi connectivity index (χ1v) is 5.87. The van der Waals surface area contributed by atoms with E-state index >= 15 is 0 Å². The van der Waals surface area contributed by atoms with E-state index in [2.05, 4.69) is 20.5 Å². The van der Waals surface area contributed by atoms with Crippen LogP contribution in [-0.2, 0) is 16.3 Å². The lowest BCUT2D eigenvalue weighted by atomic mass is 10.2. The quantitative estimate of drug-likeness (QED) is 0.618. The van der Waals surface area contributed by atoms with Gasteiger partial charge in [0, 0.05) is 5.56 Å². The van der Waals surface area contributed by atoms with Crippen LogP contribution in [-0.4, -0.2) is 29.7 Å². The zero-order valence-corrected chi connectivity index (χ0v) is 11.6. The number of anilines is 1. The SMILES string of the molecule is CO/N=C(C)/C(C)=N/OCc1ccccc1NC(=O)O. The predicted octanol–water partition coefficient (Wildman–Crippen LogP) is 2.69. The van der Waals surface area contributed by atoms with Gasteiger partial charge in [-0.05, 0) is 19.9 Å². The average Bonchev–Trinajstić information content (AvgIpc) is 2.40. The van der Waals surface area contributed by atoms with Gasteiger partial charge in [-0.3, -0.25) is 5.32 Å². The van der Waals surface area contributed by atoms with Crippen LogP contribution >= 0.6 is 0 Å². The number of hydrogen-bond donors (Lipinski definition) is 2. The van der Waals surface area contributed by atoms with Crippen molar-refractivity contribution in [1.82, 2.24) is 0 Å². The summed E-state index contributed by atoms with van der Waals surface area (Å²) >= 11 is 0. The number of benzene rings is 1. The highest BCUT2D eigenvalue weighted by Crippen LogP contribution is 2.16. The van der Waals surface area contributed by atoms with E-state index in [0.29, 0.717) is 22.7 Å². The van der Waals surface area contributed by atoms with Crippen LogP contribution in [0.1, 0.15) is 19.4 Å². The highest BCUT2D eigenvalue weighted by atomic mass is 16.6. The van der Waals surface area contributed by atoms with Crippen LogP contribution in [0.25, 0.3) is 0 Å². The lowest BCUT2D eigenvalue weighted by molar-refractivity contribution is 0.131. The summed E-state index contributed by atoms with van der Waals surface area (Å²) in [6, 6.07) is 6.94. The summed E-state index contributed by atoms with van der Waals surface area (Å²) in [6.07, 6.45) is -1.12. The first-order valence-electron chi connectivity index (χ1n) is 5.87. The molecule has 0 saturated heterocycles. The standard InChI is InChI=1S/C13H17N3O4/c1-9(15-19-3)10(2)16-20-8-11-6-4-5-7-12(11)14-13(17)18/h4-7,14H,8H2,1-3H3,(H,17,18)/b15-9+,16-10+. The Kier molecular flexibility index (Phi) is 6.02. The van der Waals surface area contributed by atoms with Crippen molar-refractivity contribution in [2.75, 3.05) is 12.4 Å². The zero-order valence-electron chi connectivity index (χ0n) is 11.6. The van der Waals surface area contributed by atoms with Gasteiger partial charge in [0.15, 0.2) is 0 Å². The molecule has 0 radical (unpaired) electrons. The van der Waals surface area contributed by atoms with Gasteiger partial charge in [-0.2, -0.15) is 0 Å². The van der Waals surface area contributed by atoms with Crippen molar-refractivity contribution in [3.8, 4) is 0 Å². The molecule has 0 aliphatic rings. The van der Waals surface area contributed by atoms with E-state index in [4.69, 9.17) is 9.94 Å². The Hall–Kier alpha value is -2.57. The normalized spacial score (nSPS) is 11.9. The van der Waals surface area contributed by atoms with Gasteiger partial charge in [0.2, 0.25) is 0 Å². The second-order valence-electron chi connectivity index (χ2n) is 3.90. The summed E-state index contributed by atoms with van der Waals surface area (Å²) < 4.78 is 0. The van der Waals surface area contributed by atoms with Crippen LogP contribution in [0.2, 0.25) is 0 Å². The van der Waals surface area contributed by atoms with Crippen molar-refractivity contribution in [3.63, 3.8) is 0 Å². The Morgan fingerprint density at radius 1 is 1.25 bits per heavy atom. The molecule has 7 heteroatoms. The van der Waals surface area contributed by atoms with E-state index in [0.717, 1.165) is 0 Å². The van der Waals surface area contributed by atoms with Crippen molar-refractivity contribution in [2.45, 2.75) is 20.5 Å². The molecule has 1 rings (SSSR count). The first-order chi connectivity index (χ1) is 9.54. The third-order valence-corrected chi connectivity index (χ3v) is 2.43. The molecular weight excluding hydrogens is 262 g/mol. The highest BCUT2D eigenvalue weighted by Gasteiger charge is 2.05. The van der Waals surface area contributed by atoms with Gasteiger partial charge in [-0.25, -0.2) is 4.79 Å². The highest BCUT2D eigenvalue weighted by molar-refractivity contribution is 6.40. The fourth-order valence-electron chi connectivity index (χ4n) is 1.35. The number of oxime groups is 2. The van der Waals surface area contributed by atoms with Crippen molar-refractivity contribution < 1.29 is 19.6 Å². The van der Waals surface area contributed by atoms with Gasteiger partial charge in [0.05, 0.1) is 5.69 Å². The molecular formula is C13H17N3O4. The maximum Gasteiger partial charge on any atom is 0.409 e. The third-order valence-electron chi connectivity index (χ3n) is 2.43. The second kappa shape index (κ2) is 7.78. The molecule has 0 saturated carbocycles. The fraction of sp³-hybridized carbons (Fsp3) is 0.308. The molecule has 0 aromatic heterocycles. The summed E-state index contributed by atoms with van der Waals surface area (Å²) in [4.78, 5) is 20.5. The van der Waals surface area contributed by atoms with Crippen molar-refractivity contribution >= 4 is 23.2 Å². The van der Waals surface area contributed by atoms with Crippen LogP contribution in [0.15, 0.2) is 34.6 Å². The molecule has 0 heterocycles. The molecule has 0 aliphatic heterocycles. The maximum atomic E-state index is 10.7. The Labute approximate surface area is 116 Å². The molecule has 20 heavy (non-hydrogen) atoms. The monoisotopic (exact) mass is 279 g/mol. The largest absolute Gasteiger partial charge is 0.465 e. The number of rotatable bonds is 6. The predicted molar refractivity (Wildman–Crippen MR) is 76.1 cm³/mol. The molecule has 2 N–H and O–H groups in total. The minimum absolute atomic E-state index is 0.147. The second-order valence-corrected chi connectivity index (χ2v) is 3.90. The number of carboxylic acid groups (broad SMARTS) is 1. The van der Waals surface area contributed by atoms with Gasteiger partial charge in [-0.15, -0.1) is 0 Å². The molecule has 0 unspecified atom stereocenters. The van der Waals surface area contributed by atoms with Crippen molar-refractivity contribution in [2.24, 2.45) is 10.3 Å². The van der Waals surface area contributed by atoms with E-state index in [9.17, 15) is 4.79 Å². The number of carbonyl (C=O) groups is 1. The Morgan fingerprint density at radius 2 is 1.90 bits per heavy atom. The summed E-state index contributed by atoms with van der Waals surface area (Å²) in [6.45, 7) is 3.62. The molecule has 1 aromatic carbocycles. The summed E-state index contributed by atoms with van der Waals surface area (Å²) in [5.74, 6) is 0.